The van der Waals surface area contributed by atoms with Crippen LogP contribution in [0, 0.1) is 11.8 Å². The molecule has 1 aromatic heterocycles. The number of rotatable bonds is 4. The van der Waals surface area contributed by atoms with Crippen LogP contribution in [0.3, 0.4) is 0 Å². The minimum absolute atomic E-state index is 0.518. The van der Waals surface area contributed by atoms with Crippen LogP contribution in [-0.2, 0) is 0 Å². The van der Waals surface area contributed by atoms with Gasteiger partial charge in [-0.1, -0.05) is 19.8 Å². The van der Waals surface area contributed by atoms with Crippen molar-refractivity contribution in [1.82, 2.24) is 5.32 Å². The molecule has 1 nitrogen and oxygen atoms in total. The lowest BCUT2D eigenvalue weighted by molar-refractivity contribution is 0.375. The molecular formula is C13H21NS. The Balaban J connectivity index is 1.78. The lowest BCUT2D eigenvalue weighted by Crippen LogP contribution is -2.26. The summed E-state index contributed by atoms with van der Waals surface area (Å²) in [6.07, 6.45) is 4.28. The fourth-order valence-electron chi connectivity index (χ4n) is 2.49. The van der Waals surface area contributed by atoms with E-state index in [9.17, 15) is 0 Å². The van der Waals surface area contributed by atoms with E-state index in [1.54, 1.807) is 11.3 Å². The zero-order valence-electron chi connectivity index (χ0n) is 9.70. The molecule has 1 N–H and O–H groups in total. The van der Waals surface area contributed by atoms with Crippen molar-refractivity contribution in [2.75, 3.05) is 6.54 Å². The first-order valence-electron chi connectivity index (χ1n) is 6.03. The van der Waals surface area contributed by atoms with Gasteiger partial charge in [0, 0.05) is 6.04 Å². The Labute approximate surface area is 96.9 Å². The van der Waals surface area contributed by atoms with Crippen molar-refractivity contribution in [3.63, 3.8) is 0 Å². The molecule has 2 heteroatoms. The van der Waals surface area contributed by atoms with Crippen LogP contribution in [0.25, 0.3) is 0 Å². The van der Waals surface area contributed by atoms with Crippen LogP contribution in [0.15, 0.2) is 16.8 Å². The van der Waals surface area contributed by atoms with E-state index in [1.165, 1.54) is 31.4 Å². The van der Waals surface area contributed by atoms with E-state index < -0.39 is 0 Å². The van der Waals surface area contributed by atoms with Crippen LogP contribution in [0.4, 0.5) is 0 Å². The van der Waals surface area contributed by atoms with Crippen LogP contribution in [0.1, 0.15) is 44.7 Å². The lowest BCUT2D eigenvalue weighted by atomic mass is 9.98. The molecule has 3 atom stereocenters. The van der Waals surface area contributed by atoms with Crippen LogP contribution in [0.5, 0.6) is 0 Å². The van der Waals surface area contributed by atoms with Crippen molar-refractivity contribution in [2.45, 2.75) is 39.2 Å². The van der Waals surface area contributed by atoms with E-state index in [4.69, 9.17) is 0 Å². The average molecular weight is 223 g/mol. The molecule has 1 aromatic rings. The normalized spacial score (nSPS) is 28.1. The van der Waals surface area contributed by atoms with Gasteiger partial charge in [0.1, 0.15) is 0 Å². The molecule has 1 fully saturated rings. The average Bonchev–Trinajstić information content (AvgIpc) is 2.85. The van der Waals surface area contributed by atoms with E-state index in [2.05, 4.69) is 36.0 Å². The molecule has 1 saturated carbocycles. The van der Waals surface area contributed by atoms with Gasteiger partial charge in [-0.25, -0.2) is 0 Å². The van der Waals surface area contributed by atoms with Gasteiger partial charge in [-0.2, -0.15) is 11.3 Å². The van der Waals surface area contributed by atoms with Crippen molar-refractivity contribution < 1.29 is 0 Å². The van der Waals surface area contributed by atoms with E-state index in [0.29, 0.717) is 6.04 Å². The molecule has 3 unspecified atom stereocenters. The second-order valence-corrected chi connectivity index (χ2v) is 5.63. The molecule has 84 valence electrons. The fraction of sp³-hybridized carbons (Fsp3) is 0.692. The molecule has 0 amide bonds. The predicted molar refractivity (Wildman–Crippen MR) is 67.2 cm³/mol. The maximum absolute atomic E-state index is 3.66. The standard InChI is InChI=1S/C13H21NS/c1-10-4-3-5-12(10)8-14-11(2)13-6-7-15-9-13/h6-7,9-12,14H,3-5,8H2,1-2H3. The van der Waals surface area contributed by atoms with Crippen LogP contribution >= 0.6 is 11.3 Å². The van der Waals surface area contributed by atoms with Gasteiger partial charge >= 0.3 is 0 Å². The molecule has 2 rings (SSSR count). The highest BCUT2D eigenvalue weighted by molar-refractivity contribution is 7.07. The number of thiophene rings is 1. The second kappa shape index (κ2) is 5.13. The van der Waals surface area contributed by atoms with Crippen molar-refractivity contribution in [3.8, 4) is 0 Å². The quantitative estimate of drug-likeness (QED) is 0.818. The van der Waals surface area contributed by atoms with Gasteiger partial charge in [-0.05, 0) is 54.1 Å². The van der Waals surface area contributed by atoms with Gasteiger partial charge in [0.25, 0.3) is 0 Å². The van der Waals surface area contributed by atoms with E-state index in [-0.39, 0.29) is 0 Å². The molecule has 0 radical (unpaired) electrons. The Bertz CT molecular complexity index is 281. The summed E-state index contributed by atoms with van der Waals surface area (Å²) in [6.45, 7) is 5.86. The summed E-state index contributed by atoms with van der Waals surface area (Å²) in [6, 6.07) is 2.74. The summed E-state index contributed by atoms with van der Waals surface area (Å²) < 4.78 is 0. The Morgan fingerprint density at radius 2 is 2.40 bits per heavy atom. The third-order valence-electron chi connectivity index (χ3n) is 3.77. The first-order valence-corrected chi connectivity index (χ1v) is 6.97. The molecule has 0 aliphatic heterocycles. The van der Waals surface area contributed by atoms with Crippen molar-refractivity contribution in [3.05, 3.63) is 22.4 Å². The zero-order valence-corrected chi connectivity index (χ0v) is 10.5. The SMILES string of the molecule is CC(NCC1CCCC1C)c1ccsc1. The molecule has 1 heterocycles. The highest BCUT2D eigenvalue weighted by atomic mass is 32.1. The minimum Gasteiger partial charge on any atom is -0.310 e. The summed E-state index contributed by atoms with van der Waals surface area (Å²) in [5, 5.41) is 8.07. The van der Waals surface area contributed by atoms with Gasteiger partial charge in [0.05, 0.1) is 0 Å². The molecular weight excluding hydrogens is 202 g/mol. The largest absolute Gasteiger partial charge is 0.310 e. The topological polar surface area (TPSA) is 12.0 Å². The smallest absolute Gasteiger partial charge is 0.0300 e. The summed E-state index contributed by atoms with van der Waals surface area (Å²) in [5.74, 6) is 1.83. The van der Waals surface area contributed by atoms with Gasteiger partial charge in [0.15, 0.2) is 0 Å². The highest BCUT2D eigenvalue weighted by Crippen LogP contribution is 2.31. The maximum atomic E-state index is 3.66. The Hall–Kier alpha value is -0.340. The van der Waals surface area contributed by atoms with Crippen LogP contribution in [-0.4, -0.2) is 6.54 Å². The van der Waals surface area contributed by atoms with E-state index in [1.807, 2.05) is 0 Å². The molecule has 0 saturated heterocycles. The van der Waals surface area contributed by atoms with Crippen LogP contribution in [0.2, 0.25) is 0 Å². The van der Waals surface area contributed by atoms with Crippen LogP contribution < -0.4 is 5.32 Å². The zero-order chi connectivity index (χ0) is 10.7. The fourth-order valence-corrected chi connectivity index (χ4v) is 3.25. The number of hydrogen-bond acceptors (Lipinski definition) is 2. The van der Waals surface area contributed by atoms with Gasteiger partial charge < -0.3 is 5.32 Å². The van der Waals surface area contributed by atoms with Crippen molar-refractivity contribution in [1.29, 1.82) is 0 Å². The molecule has 1 aliphatic rings. The van der Waals surface area contributed by atoms with Gasteiger partial charge in [-0.3, -0.25) is 0 Å². The minimum atomic E-state index is 0.518. The van der Waals surface area contributed by atoms with Gasteiger partial charge in [0.2, 0.25) is 0 Å². The van der Waals surface area contributed by atoms with Gasteiger partial charge in [-0.15, -0.1) is 0 Å². The third-order valence-corrected chi connectivity index (χ3v) is 4.47. The predicted octanol–water partition coefficient (Wildman–Crippen LogP) is 3.83. The van der Waals surface area contributed by atoms with Crippen molar-refractivity contribution >= 4 is 11.3 Å². The Kier molecular flexibility index (Phi) is 3.81. The van der Waals surface area contributed by atoms with E-state index >= 15 is 0 Å². The monoisotopic (exact) mass is 223 g/mol. The highest BCUT2D eigenvalue weighted by Gasteiger charge is 2.23. The molecule has 0 aromatic carbocycles. The summed E-state index contributed by atoms with van der Waals surface area (Å²) in [4.78, 5) is 0. The number of nitrogens with one attached hydrogen (secondary N) is 1. The van der Waals surface area contributed by atoms with E-state index in [0.717, 1.165) is 11.8 Å². The van der Waals surface area contributed by atoms with Crippen molar-refractivity contribution in [2.24, 2.45) is 11.8 Å². The molecule has 0 spiro atoms. The second-order valence-electron chi connectivity index (χ2n) is 4.85. The summed E-state index contributed by atoms with van der Waals surface area (Å²) >= 11 is 1.79. The summed E-state index contributed by atoms with van der Waals surface area (Å²) in [5.41, 5.74) is 1.44. The molecule has 15 heavy (non-hydrogen) atoms. The molecule has 0 bridgehead atoms. The first-order chi connectivity index (χ1) is 7.27. The molecule has 1 aliphatic carbocycles. The summed E-state index contributed by atoms with van der Waals surface area (Å²) in [7, 11) is 0. The number of hydrogen-bond donors (Lipinski definition) is 1. The maximum Gasteiger partial charge on any atom is 0.0300 e. The Morgan fingerprint density at radius 1 is 1.53 bits per heavy atom. The lowest BCUT2D eigenvalue weighted by Gasteiger charge is -2.19. The first kappa shape index (κ1) is 11.2. The Morgan fingerprint density at radius 3 is 3.00 bits per heavy atom. The third kappa shape index (κ3) is 2.82.